The molecule has 3 rings (SSSR count). The fourth-order valence-electron chi connectivity index (χ4n) is 3.54. The van der Waals surface area contributed by atoms with Gasteiger partial charge in [0.15, 0.2) is 9.84 Å². The lowest BCUT2D eigenvalue weighted by molar-refractivity contribution is 0.461. The summed E-state index contributed by atoms with van der Waals surface area (Å²) in [5.41, 5.74) is 1.85. The molecule has 0 radical (unpaired) electrons. The summed E-state index contributed by atoms with van der Waals surface area (Å²) in [5, 5.41) is 0. The summed E-state index contributed by atoms with van der Waals surface area (Å²) in [6.07, 6.45) is 2.37. The lowest BCUT2D eigenvalue weighted by atomic mass is 10.1. The highest BCUT2D eigenvalue weighted by Crippen LogP contribution is 2.26. The molecule has 0 amide bonds. The topological polar surface area (TPSA) is 83.6 Å². The van der Waals surface area contributed by atoms with Gasteiger partial charge in [-0.1, -0.05) is 12.1 Å². The molecule has 1 unspecified atom stereocenters. The van der Waals surface area contributed by atoms with Gasteiger partial charge in [0.1, 0.15) is 5.82 Å². The van der Waals surface area contributed by atoms with Crippen molar-refractivity contribution in [1.29, 1.82) is 0 Å². The molecule has 0 spiro atoms. The van der Waals surface area contributed by atoms with Crippen molar-refractivity contribution in [2.45, 2.75) is 42.5 Å². The number of sulfone groups is 1. The molecule has 158 valence electrons. The number of sulfonamides is 1. The molecule has 1 atom stereocenters. The van der Waals surface area contributed by atoms with Gasteiger partial charge in [-0.05, 0) is 62.1 Å². The number of nitrogens with one attached hydrogen (secondary N) is 1. The molecule has 1 fully saturated rings. The van der Waals surface area contributed by atoms with Gasteiger partial charge in [0.2, 0.25) is 10.0 Å². The predicted molar refractivity (Wildman–Crippen MR) is 111 cm³/mol. The predicted octanol–water partition coefficient (Wildman–Crippen LogP) is 2.79. The lowest BCUT2D eigenvalue weighted by Gasteiger charge is -2.35. The maximum Gasteiger partial charge on any atom is 0.241 e. The van der Waals surface area contributed by atoms with E-state index in [0.717, 1.165) is 11.8 Å². The molecule has 6 nitrogen and oxygen atoms in total. The highest BCUT2D eigenvalue weighted by Gasteiger charge is 2.28. The molecule has 0 aromatic heterocycles. The SMILES string of the molecule is Cc1ccc(F)c(N2CCCC(NS(=O)(=O)c3cc(S(C)(=O)=O)ccc3C)C2)c1. The summed E-state index contributed by atoms with van der Waals surface area (Å²) in [6.45, 7) is 4.48. The van der Waals surface area contributed by atoms with E-state index in [-0.39, 0.29) is 15.6 Å². The second-order valence-corrected chi connectivity index (χ2v) is 11.3. The van der Waals surface area contributed by atoms with Gasteiger partial charge in [-0.2, -0.15) is 0 Å². The van der Waals surface area contributed by atoms with E-state index in [0.29, 0.717) is 37.2 Å². The highest BCUT2D eigenvalue weighted by atomic mass is 32.2. The van der Waals surface area contributed by atoms with E-state index >= 15 is 0 Å². The highest BCUT2D eigenvalue weighted by molar-refractivity contribution is 7.91. The molecule has 1 heterocycles. The van der Waals surface area contributed by atoms with Gasteiger partial charge in [-0.25, -0.2) is 25.9 Å². The number of piperidine rings is 1. The Bertz CT molecular complexity index is 1130. The van der Waals surface area contributed by atoms with Crippen LogP contribution in [-0.2, 0) is 19.9 Å². The van der Waals surface area contributed by atoms with Crippen LogP contribution in [0, 0.1) is 19.7 Å². The van der Waals surface area contributed by atoms with Crippen LogP contribution in [-0.4, -0.2) is 42.2 Å². The van der Waals surface area contributed by atoms with Crippen LogP contribution in [0.25, 0.3) is 0 Å². The smallest absolute Gasteiger partial charge is 0.241 e. The number of rotatable bonds is 5. The second kappa shape index (κ2) is 8.04. The van der Waals surface area contributed by atoms with E-state index in [1.54, 1.807) is 19.1 Å². The molecule has 29 heavy (non-hydrogen) atoms. The zero-order valence-electron chi connectivity index (χ0n) is 16.6. The molecule has 2 aromatic carbocycles. The minimum Gasteiger partial charge on any atom is -0.368 e. The molecular weight excluding hydrogens is 415 g/mol. The zero-order chi connectivity index (χ0) is 21.4. The first-order valence-electron chi connectivity index (χ1n) is 9.31. The number of hydrogen-bond donors (Lipinski definition) is 1. The fourth-order valence-corrected chi connectivity index (χ4v) is 5.79. The van der Waals surface area contributed by atoms with Crippen molar-refractivity contribution in [3.05, 3.63) is 53.3 Å². The second-order valence-electron chi connectivity index (χ2n) is 7.56. The number of aryl methyl sites for hydroxylation is 2. The van der Waals surface area contributed by atoms with Gasteiger partial charge in [0.25, 0.3) is 0 Å². The zero-order valence-corrected chi connectivity index (χ0v) is 18.3. The van der Waals surface area contributed by atoms with E-state index in [9.17, 15) is 21.2 Å². The number of hydrogen-bond acceptors (Lipinski definition) is 5. The van der Waals surface area contributed by atoms with Gasteiger partial charge >= 0.3 is 0 Å². The lowest BCUT2D eigenvalue weighted by Crippen LogP contribution is -2.48. The van der Waals surface area contributed by atoms with Crippen molar-refractivity contribution in [1.82, 2.24) is 4.72 Å². The summed E-state index contributed by atoms with van der Waals surface area (Å²) >= 11 is 0. The molecule has 0 saturated carbocycles. The summed E-state index contributed by atoms with van der Waals surface area (Å²) in [4.78, 5) is 1.74. The first-order chi connectivity index (χ1) is 13.5. The van der Waals surface area contributed by atoms with Crippen molar-refractivity contribution in [2.24, 2.45) is 0 Å². The Morgan fingerprint density at radius 2 is 1.79 bits per heavy atom. The standard InChI is InChI=1S/C20H25FN2O4S2/c1-14-6-9-18(21)19(11-14)23-10-4-5-16(13-23)22-29(26,27)20-12-17(28(3,24)25)8-7-15(20)2/h6-9,11-12,16,22H,4-5,10,13H2,1-3H3. The Hall–Kier alpha value is -1.97. The molecule has 1 saturated heterocycles. The molecule has 1 aliphatic heterocycles. The Kier molecular flexibility index (Phi) is 6.03. The van der Waals surface area contributed by atoms with Gasteiger partial charge in [0.05, 0.1) is 15.5 Å². The Balaban J connectivity index is 1.85. The molecule has 0 aliphatic carbocycles. The fraction of sp³-hybridized carbons (Fsp3) is 0.400. The molecule has 1 aliphatic rings. The van der Waals surface area contributed by atoms with Crippen LogP contribution in [0.4, 0.5) is 10.1 Å². The van der Waals surface area contributed by atoms with E-state index in [4.69, 9.17) is 0 Å². The summed E-state index contributed by atoms with van der Waals surface area (Å²) in [6, 6.07) is 8.53. The van der Waals surface area contributed by atoms with E-state index < -0.39 is 25.9 Å². The van der Waals surface area contributed by atoms with Gasteiger partial charge in [0, 0.05) is 25.4 Å². The van der Waals surface area contributed by atoms with Crippen molar-refractivity contribution in [2.75, 3.05) is 24.2 Å². The monoisotopic (exact) mass is 440 g/mol. The molecule has 9 heteroatoms. The minimum absolute atomic E-state index is 0.0458. The Morgan fingerprint density at radius 3 is 2.48 bits per heavy atom. The minimum atomic E-state index is -3.93. The van der Waals surface area contributed by atoms with Gasteiger partial charge < -0.3 is 4.90 Å². The molecular formula is C20H25FN2O4S2. The number of nitrogens with zero attached hydrogens (tertiary/aromatic N) is 1. The van der Waals surface area contributed by atoms with Crippen LogP contribution < -0.4 is 9.62 Å². The largest absolute Gasteiger partial charge is 0.368 e. The van der Waals surface area contributed by atoms with Crippen LogP contribution >= 0.6 is 0 Å². The maximum absolute atomic E-state index is 14.3. The first kappa shape index (κ1) is 21.7. The van der Waals surface area contributed by atoms with Gasteiger partial charge in [-0.15, -0.1) is 0 Å². The van der Waals surface area contributed by atoms with E-state index in [2.05, 4.69) is 4.72 Å². The van der Waals surface area contributed by atoms with Crippen molar-refractivity contribution in [3.8, 4) is 0 Å². The van der Waals surface area contributed by atoms with Crippen LogP contribution in [0.3, 0.4) is 0 Å². The Labute approximate surface area is 171 Å². The molecule has 0 bridgehead atoms. The third-order valence-electron chi connectivity index (χ3n) is 5.06. The molecule has 2 aromatic rings. The quantitative estimate of drug-likeness (QED) is 0.773. The normalized spacial score (nSPS) is 18.1. The average Bonchev–Trinajstić information content (AvgIpc) is 2.63. The van der Waals surface area contributed by atoms with Gasteiger partial charge in [-0.3, -0.25) is 0 Å². The maximum atomic E-state index is 14.3. The third-order valence-corrected chi connectivity index (χ3v) is 7.84. The third kappa shape index (κ3) is 4.96. The van der Waals surface area contributed by atoms with Crippen LogP contribution in [0.15, 0.2) is 46.2 Å². The van der Waals surface area contributed by atoms with Crippen LogP contribution in [0.1, 0.15) is 24.0 Å². The van der Waals surface area contributed by atoms with E-state index in [1.165, 1.54) is 24.3 Å². The number of anilines is 1. The summed E-state index contributed by atoms with van der Waals surface area (Å²) < 4.78 is 66.5. The number of halogens is 1. The van der Waals surface area contributed by atoms with Crippen molar-refractivity contribution in [3.63, 3.8) is 0 Å². The Morgan fingerprint density at radius 1 is 1.07 bits per heavy atom. The van der Waals surface area contributed by atoms with Crippen molar-refractivity contribution < 1.29 is 21.2 Å². The van der Waals surface area contributed by atoms with Crippen LogP contribution in [0.2, 0.25) is 0 Å². The van der Waals surface area contributed by atoms with Crippen LogP contribution in [0.5, 0.6) is 0 Å². The van der Waals surface area contributed by atoms with Crippen molar-refractivity contribution >= 4 is 25.5 Å². The number of benzene rings is 2. The molecule has 1 N–H and O–H groups in total. The van der Waals surface area contributed by atoms with E-state index in [1.807, 2.05) is 11.8 Å². The average molecular weight is 441 g/mol. The summed E-state index contributed by atoms with van der Waals surface area (Å²) in [5.74, 6) is -0.337. The summed E-state index contributed by atoms with van der Waals surface area (Å²) in [7, 11) is -7.46. The first-order valence-corrected chi connectivity index (χ1v) is 12.7.